The molecule has 5 rings (SSSR count). The van der Waals surface area contributed by atoms with E-state index in [4.69, 9.17) is 0 Å². The number of amides is 1. The van der Waals surface area contributed by atoms with Crippen LogP contribution in [-0.4, -0.2) is 22.9 Å². The second kappa shape index (κ2) is 10.9. The molecule has 0 saturated carbocycles. The minimum absolute atomic E-state index is 0.214. The molecule has 0 atom stereocenters. The number of benzene rings is 3. The van der Waals surface area contributed by atoms with Gasteiger partial charge in [0.15, 0.2) is 0 Å². The summed E-state index contributed by atoms with van der Waals surface area (Å²) < 4.78 is 0. The van der Waals surface area contributed by atoms with Gasteiger partial charge in [0.1, 0.15) is 5.82 Å². The molecule has 0 bridgehead atoms. The molecular weight excluding hydrogens is 460 g/mol. The number of carbonyl (C=O) groups is 1. The molecule has 1 amide bonds. The maximum absolute atomic E-state index is 13.1. The Balaban J connectivity index is 1.32. The minimum atomic E-state index is -0.214. The number of aryl methyl sites for hydroxylation is 1. The molecule has 7 heteroatoms. The number of fused-ring (bicyclic) bond motifs is 1. The van der Waals surface area contributed by atoms with Crippen LogP contribution >= 0.6 is 0 Å². The molecule has 2 heterocycles. The molecule has 0 aliphatic rings. The number of aromatic nitrogens is 2. The monoisotopic (exact) mass is 488 g/mol. The van der Waals surface area contributed by atoms with Crippen molar-refractivity contribution in [1.29, 1.82) is 0 Å². The van der Waals surface area contributed by atoms with Gasteiger partial charge < -0.3 is 21.3 Å². The fourth-order valence-corrected chi connectivity index (χ4v) is 4.16. The Hall–Kier alpha value is -4.75. The molecule has 0 radical (unpaired) electrons. The van der Waals surface area contributed by atoms with Gasteiger partial charge in [-0.05, 0) is 85.8 Å². The van der Waals surface area contributed by atoms with E-state index in [9.17, 15) is 4.79 Å². The summed E-state index contributed by atoms with van der Waals surface area (Å²) in [5.41, 5.74) is 7.19. The first-order valence-corrected chi connectivity index (χ1v) is 12.1. The zero-order valence-corrected chi connectivity index (χ0v) is 20.7. The highest BCUT2D eigenvalue weighted by atomic mass is 16.1. The van der Waals surface area contributed by atoms with Gasteiger partial charge in [-0.3, -0.25) is 9.78 Å². The van der Waals surface area contributed by atoms with Crippen LogP contribution in [0.5, 0.6) is 0 Å². The Morgan fingerprint density at radius 2 is 1.57 bits per heavy atom. The molecule has 0 saturated heterocycles. The van der Waals surface area contributed by atoms with Gasteiger partial charge >= 0.3 is 0 Å². The molecular formula is C30H28N6O. The fourth-order valence-electron chi connectivity index (χ4n) is 4.16. The number of nitrogens with zero attached hydrogens (tertiary/aromatic N) is 2. The van der Waals surface area contributed by atoms with Crippen LogP contribution in [0.1, 0.15) is 21.5 Å². The lowest BCUT2D eigenvalue weighted by atomic mass is 10.1. The van der Waals surface area contributed by atoms with E-state index in [0.29, 0.717) is 17.1 Å². The van der Waals surface area contributed by atoms with Gasteiger partial charge in [-0.15, -0.1) is 0 Å². The van der Waals surface area contributed by atoms with E-state index in [-0.39, 0.29) is 5.91 Å². The summed E-state index contributed by atoms with van der Waals surface area (Å²) in [6.45, 7) is 2.82. The summed E-state index contributed by atoms with van der Waals surface area (Å²) in [5.74, 6) is 0.364. The smallest absolute Gasteiger partial charge is 0.255 e. The van der Waals surface area contributed by atoms with Crippen LogP contribution in [0.2, 0.25) is 0 Å². The summed E-state index contributed by atoms with van der Waals surface area (Å²) >= 11 is 0. The third-order valence-corrected chi connectivity index (χ3v) is 5.90. The molecule has 2 aromatic heterocycles. The van der Waals surface area contributed by atoms with Gasteiger partial charge in [-0.25, -0.2) is 4.98 Å². The first kappa shape index (κ1) is 24.0. The number of hydrogen-bond donors (Lipinski definition) is 4. The average molecular weight is 489 g/mol. The summed E-state index contributed by atoms with van der Waals surface area (Å²) in [4.78, 5) is 21.9. The van der Waals surface area contributed by atoms with Crippen molar-refractivity contribution in [2.24, 2.45) is 0 Å². The van der Waals surface area contributed by atoms with E-state index >= 15 is 0 Å². The largest absolute Gasteiger partial charge is 0.355 e. The molecule has 37 heavy (non-hydrogen) atoms. The predicted molar refractivity (Wildman–Crippen MR) is 151 cm³/mol. The lowest BCUT2D eigenvalue weighted by Gasteiger charge is -2.12. The number of hydrogen-bond acceptors (Lipinski definition) is 6. The van der Waals surface area contributed by atoms with Crippen molar-refractivity contribution < 1.29 is 4.79 Å². The molecule has 4 N–H and O–H groups in total. The van der Waals surface area contributed by atoms with E-state index in [0.717, 1.165) is 40.1 Å². The van der Waals surface area contributed by atoms with Crippen LogP contribution < -0.4 is 21.3 Å². The highest BCUT2D eigenvalue weighted by Crippen LogP contribution is 2.26. The van der Waals surface area contributed by atoms with Crippen molar-refractivity contribution >= 4 is 45.4 Å². The topological polar surface area (TPSA) is 91.0 Å². The number of carbonyl (C=O) groups excluding carboxylic acids is 1. The van der Waals surface area contributed by atoms with Crippen molar-refractivity contribution in [3.05, 3.63) is 114 Å². The quantitative estimate of drug-likeness (QED) is 0.202. The minimum Gasteiger partial charge on any atom is -0.355 e. The number of rotatable bonds is 8. The van der Waals surface area contributed by atoms with E-state index in [1.165, 1.54) is 5.56 Å². The molecule has 5 aromatic rings. The summed E-state index contributed by atoms with van der Waals surface area (Å²) in [6, 6.07) is 27.3. The summed E-state index contributed by atoms with van der Waals surface area (Å²) in [5, 5.41) is 13.9. The Kier molecular flexibility index (Phi) is 7.05. The first-order chi connectivity index (χ1) is 18.1. The zero-order chi connectivity index (χ0) is 25.6. The zero-order valence-electron chi connectivity index (χ0n) is 20.7. The van der Waals surface area contributed by atoms with Crippen molar-refractivity contribution in [3.63, 3.8) is 0 Å². The lowest BCUT2D eigenvalue weighted by molar-refractivity contribution is 0.102. The molecule has 3 aromatic carbocycles. The Morgan fingerprint density at radius 1 is 0.784 bits per heavy atom. The molecule has 0 unspecified atom stereocenters. The normalized spacial score (nSPS) is 10.8. The second-order valence-electron chi connectivity index (χ2n) is 8.82. The molecule has 184 valence electrons. The molecule has 0 aliphatic heterocycles. The summed E-state index contributed by atoms with van der Waals surface area (Å²) in [6.07, 6.45) is 3.39. The van der Waals surface area contributed by atoms with Crippen LogP contribution in [0.25, 0.3) is 10.9 Å². The van der Waals surface area contributed by atoms with Gasteiger partial charge in [0, 0.05) is 47.0 Å². The van der Waals surface area contributed by atoms with E-state index in [1.54, 1.807) is 24.5 Å². The lowest BCUT2D eigenvalue weighted by Crippen LogP contribution is -2.12. The highest BCUT2D eigenvalue weighted by molar-refractivity contribution is 6.05. The van der Waals surface area contributed by atoms with Crippen molar-refractivity contribution in [2.75, 3.05) is 23.0 Å². The second-order valence-corrected chi connectivity index (χ2v) is 8.82. The Bertz CT molecular complexity index is 1570. The van der Waals surface area contributed by atoms with Crippen LogP contribution in [-0.2, 0) is 6.54 Å². The van der Waals surface area contributed by atoms with Gasteiger partial charge in [0.2, 0.25) is 0 Å². The van der Waals surface area contributed by atoms with E-state index in [2.05, 4.69) is 62.4 Å². The van der Waals surface area contributed by atoms with Crippen molar-refractivity contribution in [2.45, 2.75) is 13.5 Å². The third kappa shape index (κ3) is 5.91. The first-order valence-electron chi connectivity index (χ1n) is 12.1. The maximum atomic E-state index is 13.1. The van der Waals surface area contributed by atoms with Crippen LogP contribution in [0.4, 0.5) is 28.6 Å². The van der Waals surface area contributed by atoms with Crippen LogP contribution in [0, 0.1) is 6.92 Å². The SMILES string of the molecule is CNCc1ccc2nccc(Nc3cc(C(=O)Nc4cccc(Nc5cccc(C)c5)c4)ccn3)c2c1. The summed E-state index contributed by atoms with van der Waals surface area (Å²) in [7, 11) is 1.92. The van der Waals surface area contributed by atoms with Gasteiger partial charge in [-0.2, -0.15) is 0 Å². The maximum Gasteiger partial charge on any atom is 0.255 e. The van der Waals surface area contributed by atoms with Crippen molar-refractivity contribution in [1.82, 2.24) is 15.3 Å². The Labute approximate surface area is 216 Å². The van der Waals surface area contributed by atoms with Gasteiger partial charge in [0.05, 0.1) is 11.2 Å². The van der Waals surface area contributed by atoms with Crippen molar-refractivity contribution in [3.8, 4) is 0 Å². The molecule has 0 aliphatic carbocycles. The van der Waals surface area contributed by atoms with Gasteiger partial charge in [0.25, 0.3) is 5.91 Å². The average Bonchev–Trinajstić information content (AvgIpc) is 2.90. The highest BCUT2D eigenvalue weighted by Gasteiger charge is 2.10. The van der Waals surface area contributed by atoms with E-state index in [1.807, 2.05) is 55.6 Å². The Morgan fingerprint density at radius 3 is 2.41 bits per heavy atom. The third-order valence-electron chi connectivity index (χ3n) is 5.90. The molecule has 7 nitrogen and oxygen atoms in total. The molecule has 0 spiro atoms. The standard InChI is InChI=1S/C30H28N6O/c1-20-5-3-6-23(15-20)34-24-7-4-8-25(18-24)35-30(37)22-11-13-33-29(17-22)36-28-12-14-32-27-10-9-21(19-31-2)16-26(27)28/h3-18,31,34H,19H2,1-2H3,(H,35,37)(H,32,33,36). The number of nitrogens with one attached hydrogen (secondary N) is 4. The van der Waals surface area contributed by atoms with Crippen LogP contribution in [0.15, 0.2) is 97.3 Å². The number of anilines is 5. The number of pyridine rings is 2. The van der Waals surface area contributed by atoms with E-state index < -0.39 is 0 Å². The van der Waals surface area contributed by atoms with Crippen LogP contribution in [0.3, 0.4) is 0 Å². The predicted octanol–water partition coefficient (Wildman–Crippen LogP) is 6.40. The van der Waals surface area contributed by atoms with Gasteiger partial charge in [-0.1, -0.05) is 24.3 Å². The fraction of sp³-hybridized carbons (Fsp3) is 0.100. The molecule has 0 fully saturated rings.